The summed E-state index contributed by atoms with van der Waals surface area (Å²) in [5.41, 5.74) is 1.08. The Balaban J connectivity index is 1.37. The molecule has 2 amide bonds. The number of thiophene rings is 1. The van der Waals surface area contributed by atoms with Gasteiger partial charge in [-0.05, 0) is 29.5 Å². The second-order valence-corrected chi connectivity index (χ2v) is 7.41. The summed E-state index contributed by atoms with van der Waals surface area (Å²) in [6.07, 6.45) is 0.735. The fourth-order valence-corrected chi connectivity index (χ4v) is 3.86. The van der Waals surface area contributed by atoms with Crippen molar-refractivity contribution in [1.82, 2.24) is 15.1 Å². The number of ether oxygens (including phenoxy) is 1. The zero-order chi connectivity index (χ0) is 19.1. The van der Waals surface area contributed by atoms with Crippen LogP contribution in [-0.4, -0.2) is 68.0 Å². The number of methoxy groups -OCH3 is 1. The fourth-order valence-electron chi connectivity index (χ4n) is 3.17. The zero-order valence-electron chi connectivity index (χ0n) is 15.5. The van der Waals surface area contributed by atoms with Crippen LogP contribution in [-0.2, 0) is 11.2 Å². The highest BCUT2D eigenvalue weighted by atomic mass is 32.1. The average Bonchev–Trinajstić information content (AvgIpc) is 3.23. The van der Waals surface area contributed by atoms with Gasteiger partial charge in [-0.25, -0.2) is 0 Å². The Morgan fingerprint density at radius 2 is 1.89 bits per heavy atom. The molecule has 0 atom stereocenters. The summed E-state index contributed by atoms with van der Waals surface area (Å²) in [5, 5.41) is 4.89. The van der Waals surface area contributed by atoms with Crippen LogP contribution in [0.15, 0.2) is 41.8 Å². The molecule has 0 aliphatic carbocycles. The minimum absolute atomic E-state index is 0.0166. The van der Waals surface area contributed by atoms with Gasteiger partial charge in [0.2, 0.25) is 5.91 Å². The molecule has 144 valence electrons. The molecule has 6 nitrogen and oxygen atoms in total. The molecule has 0 saturated carbocycles. The van der Waals surface area contributed by atoms with E-state index in [1.165, 1.54) is 11.3 Å². The van der Waals surface area contributed by atoms with E-state index in [1.807, 2.05) is 46.7 Å². The maximum absolute atomic E-state index is 12.3. The highest BCUT2D eigenvalue weighted by Crippen LogP contribution is 2.17. The first-order valence-corrected chi connectivity index (χ1v) is 9.99. The van der Waals surface area contributed by atoms with Crippen LogP contribution in [0, 0.1) is 0 Å². The number of rotatable bonds is 7. The topological polar surface area (TPSA) is 61.9 Å². The molecule has 1 fully saturated rings. The van der Waals surface area contributed by atoms with Gasteiger partial charge in [-0.3, -0.25) is 14.5 Å². The monoisotopic (exact) mass is 387 g/mol. The van der Waals surface area contributed by atoms with Crippen LogP contribution in [0.1, 0.15) is 15.2 Å². The fraction of sp³-hybridized carbons (Fsp3) is 0.400. The number of hydrogen-bond donors (Lipinski definition) is 1. The van der Waals surface area contributed by atoms with E-state index in [2.05, 4.69) is 10.2 Å². The number of amides is 2. The predicted molar refractivity (Wildman–Crippen MR) is 106 cm³/mol. The summed E-state index contributed by atoms with van der Waals surface area (Å²) in [4.78, 5) is 29.3. The maximum Gasteiger partial charge on any atom is 0.264 e. The van der Waals surface area contributed by atoms with Crippen LogP contribution in [0.4, 0.5) is 0 Å². The van der Waals surface area contributed by atoms with Gasteiger partial charge in [-0.15, -0.1) is 11.3 Å². The van der Waals surface area contributed by atoms with Gasteiger partial charge in [-0.1, -0.05) is 24.3 Å². The summed E-state index contributed by atoms with van der Waals surface area (Å²) >= 11 is 1.47. The lowest BCUT2D eigenvalue weighted by molar-refractivity contribution is -0.122. The number of nitrogens with one attached hydrogen (secondary N) is 1. The van der Waals surface area contributed by atoms with Crippen LogP contribution >= 0.6 is 11.3 Å². The lowest BCUT2D eigenvalue weighted by atomic mass is 10.1. The van der Waals surface area contributed by atoms with E-state index in [4.69, 9.17) is 4.74 Å². The van der Waals surface area contributed by atoms with Crippen LogP contribution in [0.25, 0.3) is 0 Å². The molecule has 1 N–H and O–H groups in total. The third-order valence-electron chi connectivity index (χ3n) is 4.67. The summed E-state index contributed by atoms with van der Waals surface area (Å²) < 4.78 is 5.33. The number of piperazine rings is 1. The van der Waals surface area contributed by atoms with Gasteiger partial charge in [-0.2, -0.15) is 0 Å². The Labute approximate surface area is 163 Å². The average molecular weight is 388 g/mol. The Morgan fingerprint density at radius 1 is 1.11 bits per heavy atom. The molecule has 3 rings (SSSR count). The van der Waals surface area contributed by atoms with Crippen LogP contribution in [0.5, 0.6) is 5.75 Å². The van der Waals surface area contributed by atoms with Crippen LogP contribution in [0.2, 0.25) is 0 Å². The maximum atomic E-state index is 12.3. The van der Waals surface area contributed by atoms with Gasteiger partial charge in [0, 0.05) is 32.7 Å². The third-order valence-corrected chi connectivity index (χ3v) is 5.53. The van der Waals surface area contributed by atoms with Crippen molar-refractivity contribution >= 4 is 23.2 Å². The minimum atomic E-state index is 0.0166. The standard InChI is InChI=1S/C20H25N3O3S/c1-26-17-6-3-2-5-16(17)8-9-21-19(24)15-22-10-12-23(13-11-22)20(25)18-7-4-14-27-18/h2-7,14H,8-13,15H2,1H3,(H,21,24). The molecule has 0 spiro atoms. The Kier molecular flexibility index (Phi) is 6.84. The second-order valence-electron chi connectivity index (χ2n) is 6.46. The molecule has 1 aromatic heterocycles. The van der Waals surface area contributed by atoms with E-state index in [-0.39, 0.29) is 11.8 Å². The van der Waals surface area contributed by atoms with Crippen molar-refractivity contribution in [2.24, 2.45) is 0 Å². The van der Waals surface area contributed by atoms with Crippen LogP contribution < -0.4 is 10.1 Å². The second kappa shape index (κ2) is 9.53. The van der Waals surface area contributed by atoms with Gasteiger partial charge in [0.1, 0.15) is 5.75 Å². The Hall–Kier alpha value is -2.38. The van der Waals surface area contributed by atoms with Crippen molar-refractivity contribution in [3.63, 3.8) is 0 Å². The third kappa shape index (κ3) is 5.30. The first kappa shape index (κ1) is 19.4. The van der Waals surface area contributed by atoms with Crippen molar-refractivity contribution < 1.29 is 14.3 Å². The number of para-hydroxylation sites is 1. The number of benzene rings is 1. The van der Waals surface area contributed by atoms with Gasteiger partial charge in [0.05, 0.1) is 18.5 Å². The first-order valence-electron chi connectivity index (χ1n) is 9.11. The molecule has 0 radical (unpaired) electrons. The highest BCUT2D eigenvalue weighted by molar-refractivity contribution is 7.12. The molecule has 7 heteroatoms. The van der Waals surface area contributed by atoms with E-state index < -0.39 is 0 Å². The van der Waals surface area contributed by atoms with Crippen molar-refractivity contribution in [3.05, 3.63) is 52.2 Å². The Bertz CT molecular complexity index is 756. The smallest absolute Gasteiger partial charge is 0.264 e. The molecule has 1 saturated heterocycles. The van der Waals surface area contributed by atoms with Gasteiger partial charge in [0.15, 0.2) is 0 Å². The van der Waals surface area contributed by atoms with Crippen molar-refractivity contribution in [2.45, 2.75) is 6.42 Å². The summed E-state index contributed by atoms with van der Waals surface area (Å²) in [7, 11) is 1.65. The zero-order valence-corrected chi connectivity index (χ0v) is 16.3. The van der Waals surface area contributed by atoms with Crippen molar-refractivity contribution in [1.29, 1.82) is 0 Å². The quantitative estimate of drug-likeness (QED) is 0.788. The van der Waals surface area contributed by atoms with Gasteiger partial charge in [0.25, 0.3) is 5.91 Å². The number of nitrogens with zero attached hydrogens (tertiary/aromatic N) is 2. The lowest BCUT2D eigenvalue weighted by Gasteiger charge is -2.34. The first-order chi connectivity index (χ1) is 13.2. The van der Waals surface area contributed by atoms with Gasteiger partial charge >= 0.3 is 0 Å². The Morgan fingerprint density at radius 3 is 2.59 bits per heavy atom. The van der Waals surface area contributed by atoms with E-state index >= 15 is 0 Å². The van der Waals surface area contributed by atoms with Crippen LogP contribution in [0.3, 0.4) is 0 Å². The van der Waals surface area contributed by atoms with E-state index in [1.54, 1.807) is 7.11 Å². The van der Waals surface area contributed by atoms with Crippen molar-refractivity contribution in [2.75, 3.05) is 46.4 Å². The molecule has 1 aliphatic rings. The summed E-state index contributed by atoms with van der Waals surface area (Å²) in [6, 6.07) is 11.6. The van der Waals surface area contributed by atoms with E-state index in [0.29, 0.717) is 26.2 Å². The highest BCUT2D eigenvalue weighted by Gasteiger charge is 2.23. The summed E-state index contributed by atoms with van der Waals surface area (Å²) in [6.45, 7) is 3.70. The molecule has 1 aromatic carbocycles. The minimum Gasteiger partial charge on any atom is -0.496 e. The van der Waals surface area contributed by atoms with Crippen molar-refractivity contribution in [3.8, 4) is 5.75 Å². The lowest BCUT2D eigenvalue weighted by Crippen LogP contribution is -2.51. The molecular weight excluding hydrogens is 362 g/mol. The predicted octanol–water partition coefficient (Wildman–Crippen LogP) is 1.87. The molecule has 0 unspecified atom stereocenters. The number of hydrogen-bond acceptors (Lipinski definition) is 5. The molecule has 2 heterocycles. The summed E-state index contributed by atoms with van der Waals surface area (Å²) in [5.74, 6) is 0.951. The molecule has 0 bridgehead atoms. The molecular formula is C20H25N3O3S. The van der Waals surface area contributed by atoms with Gasteiger partial charge < -0.3 is 15.0 Å². The molecule has 27 heavy (non-hydrogen) atoms. The van der Waals surface area contributed by atoms with E-state index in [0.717, 1.165) is 35.7 Å². The van der Waals surface area contributed by atoms with E-state index in [9.17, 15) is 9.59 Å². The largest absolute Gasteiger partial charge is 0.496 e. The number of carbonyl (C=O) groups excluding carboxylic acids is 2. The molecule has 2 aromatic rings. The molecule has 1 aliphatic heterocycles. The normalized spacial score (nSPS) is 14.8. The number of carbonyl (C=O) groups is 2. The SMILES string of the molecule is COc1ccccc1CCNC(=O)CN1CCN(C(=O)c2cccs2)CC1.